The van der Waals surface area contributed by atoms with Crippen molar-refractivity contribution in [2.75, 3.05) is 13.1 Å². The third-order valence-corrected chi connectivity index (χ3v) is 2.19. The molecule has 1 aliphatic rings. The van der Waals surface area contributed by atoms with E-state index in [4.69, 9.17) is 0 Å². The van der Waals surface area contributed by atoms with Gasteiger partial charge in [0.05, 0.1) is 0 Å². The summed E-state index contributed by atoms with van der Waals surface area (Å²) < 4.78 is 0. The van der Waals surface area contributed by atoms with E-state index < -0.39 is 5.60 Å². The van der Waals surface area contributed by atoms with E-state index in [2.05, 4.69) is 10.6 Å². The first-order valence-electron chi connectivity index (χ1n) is 4.74. The number of rotatable bonds is 2. The van der Waals surface area contributed by atoms with Crippen molar-refractivity contribution in [3.05, 3.63) is 0 Å². The second-order valence-electron chi connectivity index (χ2n) is 4.08. The van der Waals surface area contributed by atoms with Crippen LogP contribution in [0.25, 0.3) is 0 Å². The van der Waals surface area contributed by atoms with Gasteiger partial charge < -0.3 is 15.7 Å². The molecule has 0 aromatic heterocycles. The molecule has 13 heavy (non-hydrogen) atoms. The summed E-state index contributed by atoms with van der Waals surface area (Å²) in [5.74, 6) is -0.291. The van der Waals surface area contributed by atoms with E-state index in [1.165, 1.54) is 13.8 Å². The number of carbonyl (C=O) groups is 1. The number of piperidine rings is 1. The first kappa shape index (κ1) is 10.5. The van der Waals surface area contributed by atoms with E-state index in [1.54, 1.807) is 0 Å². The summed E-state index contributed by atoms with van der Waals surface area (Å²) in [5, 5.41) is 15.4. The summed E-state index contributed by atoms with van der Waals surface area (Å²) >= 11 is 0. The Bertz CT molecular complexity index is 181. The second kappa shape index (κ2) is 4.07. The van der Waals surface area contributed by atoms with Gasteiger partial charge in [-0.3, -0.25) is 4.79 Å². The third kappa shape index (κ3) is 3.32. The van der Waals surface area contributed by atoms with Crippen LogP contribution in [0, 0.1) is 0 Å². The molecule has 1 fully saturated rings. The molecule has 0 aliphatic carbocycles. The summed E-state index contributed by atoms with van der Waals surface area (Å²) in [6.45, 7) is 4.83. The van der Waals surface area contributed by atoms with Gasteiger partial charge in [0.15, 0.2) is 0 Å². The van der Waals surface area contributed by atoms with Crippen molar-refractivity contribution in [3.63, 3.8) is 0 Å². The highest BCUT2D eigenvalue weighted by Crippen LogP contribution is 2.05. The van der Waals surface area contributed by atoms with E-state index in [-0.39, 0.29) is 11.9 Å². The lowest BCUT2D eigenvalue weighted by atomic mass is 10.0. The summed E-state index contributed by atoms with van der Waals surface area (Å²) in [6, 6.07) is 0.174. The molecule has 0 spiro atoms. The van der Waals surface area contributed by atoms with Crippen LogP contribution in [0.5, 0.6) is 0 Å². The van der Waals surface area contributed by atoms with E-state index in [1.807, 2.05) is 0 Å². The normalized spacial score (nSPS) is 24.1. The van der Waals surface area contributed by atoms with Crippen LogP contribution in [-0.4, -0.2) is 35.7 Å². The van der Waals surface area contributed by atoms with Gasteiger partial charge >= 0.3 is 0 Å². The number of nitrogens with one attached hydrogen (secondary N) is 2. The average Bonchev–Trinajstić information content (AvgIpc) is 2.04. The summed E-state index contributed by atoms with van der Waals surface area (Å²) in [4.78, 5) is 11.3. The van der Waals surface area contributed by atoms with Gasteiger partial charge in [-0.05, 0) is 33.2 Å². The second-order valence-corrected chi connectivity index (χ2v) is 4.08. The lowest BCUT2D eigenvalue weighted by molar-refractivity contribution is -0.137. The standard InChI is InChI=1S/C9H18N2O2/c1-9(2,13)8(12)11-7-4-3-5-10-6-7/h7,10,13H,3-6H2,1-2H3,(H,11,12). The Labute approximate surface area is 78.7 Å². The summed E-state index contributed by atoms with van der Waals surface area (Å²) in [6.07, 6.45) is 2.08. The minimum absolute atomic E-state index is 0.174. The maximum atomic E-state index is 11.3. The van der Waals surface area contributed by atoms with E-state index in [9.17, 15) is 9.90 Å². The van der Waals surface area contributed by atoms with Crippen LogP contribution in [0.1, 0.15) is 26.7 Å². The highest BCUT2D eigenvalue weighted by Gasteiger charge is 2.26. The molecule has 4 nitrogen and oxygen atoms in total. The molecule has 76 valence electrons. The SMILES string of the molecule is CC(C)(O)C(=O)NC1CCCNC1. The molecule has 0 aromatic carbocycles. The Morgan fingerprint density at radius 1 is 1.62 bits per heavy atom. The Morgan fingerprint density at radius 2 is 2.31 bits per heavy atom. The lowest BCUT2D eigenvalue weighted by Gasteiger charge is -2.26. The quantitative estimate of drug-likeness (QED) is 0.551. The van der Waals surface area contributed by atoms with Gasteiger partial charge in [-0.1, -0.05) is 0 Å². The van der Waals surface area contributed by atoms with Gasteiger partial charge in [0.25, 0.3) is 5.91 Å². The lowest BCUT2D eigenvalue weighted by Crippen LogP contribution is -2.51. The largest absolute Gasteiger partial charge is 0.381 e. The highest BCUT2D eigenvalue weighted by atomic mass is 16.3. The fourth-order valence-electron chi connectivity index (χ4n) is 1.34. The van der Waals surface area contributed by atoms with Crippen LogP contribution in [0.2, 0.25) is 0 Å². The van der Waals surface area contributed by atoms with Gasteiger partial charge in [-0.2, -0.15) is 0 Å². The minimum atomic E-state index is -1.27. The molecule has 1 saturated heterocycles. The van der Waals surface area contributed by atoms with Crippen LogP contribution in [0.4, 0.5) is 0 Å². The Morgan fingerprint density at radius 3 is 2.77 bits per heavy atom. The summed E-state index contributed by atoms with van der Waals surface area (Å²) in [5.41, 5.74) is -1.27. The first-order valence-corrected chi connectivity index (χ1v) is 4.74. The zero-order chi connectivity index (χ0) is 9.90. The number of amides is 1. The van der Waals surface area contributed by atoms with Crippen LogP contribution in [0.15, 0.2) is 0 Å². The van der Waals surface area contributed by atoms with Crippen molar-refractivity contribution in [1.82, 2.24) is 10.6 Å². The Balaban J connectivity index is 2.35. The molecule has 1 aliphatic heterocycles. The van der Waals surface area contributed by atoms with E-state index in [0.29, 0.717) is 0 Å². The van der Waals surface area contributed by atoms with Crippen LogP contribution in [0.3, 0.4) is 0 Å². The van der Waals surface area contributed by atoms with Crippen molar-refractivity contribution in [1.29, 1.82) is 0 Å². The predicted molar refractivity (Wildman–Crippen MR) is 50.3 cm³/mol. The minimum Gasteiger partial charge on any atom is -0.381 e. The predicted octanol–water partition coefficient (Wildman–Crippen LogP) is -0.374. The van der Waals surface area contributed by atoms with Gasteiger partial charge in [0.2, 0.25) is 0 Å². The van der Waals surface area contributed by atoms with Crippen molar-refractivity contribution < 1.29 is 9.90 Å². The topological polar surface area (TPSA) is 61.4 Å². The fraction of sp³-hybridized carbons (Fsp3) is 0.889. The molecule has 0 saturated carbocycles. The zero-order valence-electron chi connectivity index (χ0n) is 8.26. The molecule has 1 heterocycles. The molecule has 1 unspecified atom stereocenters. The average molecular weight is 186 g/mol. The molecular formula is C9H18N2O2. The third-order valence-electron chi connectivity index (χ3n) is 2.19. The molecule has 0 bridgehead atoms. The van der Waals surface area contributed by atoms with Crippen molar-refractivity contribution >= 4 is 5.91 Å². The molecular weight excluding hydrogens is 168 g/mol. The molecule has 3 N–H and O–H groups in total. The van der Waals surface area contributed by atoms with Gasteiger partial charge in [0.1, 0.15) is 5.60 Å². The molecule has 1 amide bonds. The molecule has 0 radical (unpaired) electrons. The number of aliphatic hydroxyl groups is 1. The van der Waals surface area contributed by atoms with Gasteiger partial charge in [0, 0.05) is 12.6 Å². The monoisotopic (exact) mass is 186 g/mol. The van der Waals surface area contributed by atoms with E-state index >= 15 is 0 Å². The van der Waals surface area contributed by atoms with Crippen molar-refractivity contribution in [2.24, 2.45) is 0 Å². The van der Waals surface area contributed by atoms with Crippen LogP contribution in [-0.2, 0) is 4.79 Å². The summed E-state index contributed by atoms with van der Waals surface area (Å²) in [7, 11) is 0. The smallest absolute Gasteiger partial charge is 0.251 e. The van der Waals surface area contributed by atoms with Crippen molar-refractivity contribution in [2.45, 2.75) is 38.3 Å². The fourth-order valence-corrected chi connectivity index (χ4v) is 1.34. The first-order chi connectivity index (χ1) is 6.00. The Kier molecular flexibility index (Phi) is 3.27. The molecule has 1 rings (SSSR count). The molecule has 4 heteroatoms. The van der Waals surface area contributed by atoms with Crippen molar-refractivity contribution in [3.8, 4) is 0 Å². The molecule has 1 atom stereocenters. The Hall–Kier alpha value is -0.610. The maximum Gasteiger partial charge on any atom is 0.251 e. The zero-order valence-corrected chi connectivity index (χ0v) is 8.26. The highest BCUT2D eigenvalue weighted by molar-refractivity contribution is 5.84. The van der Waals surface area contributed by atoms with Crippen LogP contribution >= 0.6 is 0 Å². The number of hydrogen-bond acceptors (Lipinski definition) is 3. The number of carbonyl (C=O) groups excluding carboxylic acids is 1. The maximum absolute atomic E-state index is 11.3. The number of hydrogen-bond donors (Lipinski definition) is 3. The van der Waals surface area contributed by atoms with Crippen LogP contribution < -0.4 is 10.6 Å². The molecule has 0 aromatic rings. The van der Waals surface area contributed by atoms with E-state index in [0.717, 1.165) is 25.9 Å². The van der Waals surface area contributed by atoms with Gasteiger partial charge in [-0.15, -0.1) is 0 Å². The van der Waals surface area contributed by atoms with Gasteiger partial charge in [-0.25, -0.2) is 0 Å².